The number of aromatic nitrogens is 4. The molecule has 0 bridgehead atoms. The van der Waals surface area contributed by atoms with Gasteiger partial charge in [0.2, 0.25) is 0 Å². The van der Waals surface area contributed by atoms with Crippen molar-refractivity contribution in [2.45, 2.75) is 27.7 Å². The lowest BCUT2D eigenvalue weighted by molar-refractivity contribution is 1.33. The maximum absolute atomic E-state index is 4.28. The summed E-state index contributed by atoms with van der Waals surface area (Å²) in [5.74, 6) is 0. The number of benzene rings is 4. The molecule has 0 aliphatic heterocycles. The van der Waals surface area contributed by atoms with Crippen LogP contribution in [0.2, 0.25) is 0 Å². The van der Waals surface area contributed by atoms with E-state index < -0.39 is 0 Å². The maximum Gasteiger partial charge on any atom is 0.0731 e. The molecule has 4 heteroatoms. The SMILES string of the molecule is Cc1cccc2cccnc12.Cc1cccc2ccncc12.Cc1cccc2ccncc12.Cc1cnc2ccccc2c1. The summed E-state index contributed by atoms with van der Waals surface area (Å²) in [4.78, 5) is 16.7. The maximum atomic E-state index is 4.28. The van der Waals surface area contributed by atoms with Gasteiger partial charge in [-0.05, 0) is 91.1 Å². The fraction of sp³-hybridized carbons (Fsp3) is 0.100. The van der Waals surface area contributed by atoms with Crippen LogP contribution in [0.5, 0.6) is 0 Å². The van der Waals surface area contributed by atoms with Crippen LogP contribution in [0.1, 0.15) is 22.3 Å². The first kappa shape index (κ1) is 30.0. The van der Waals surface area contributed by atoms with Crippen molar-refractivity contribution in [2.24, 2.45) is 0 Å². The van der Waals surface area contributed by atoms with Gasteiger partial charge in [-0.25, -0.2) is 0 Å². The van der Waals surface area contributed by atoms with Crippen LogP contribution in [-0.4, -0.2) is 19.9 Å². The topological polar surface area (TPSA) is 51.6 Å². The van der Waals surface area contributed by atoms with Gasteiger partial charge in [-0.15, -0.1) is 0 Å². The second kappa shape index (κ2) is 14.6. The molecule has 4 nitrogen and oxygen atoms in total. The molecule has 0 fully saturated rings. The summed E-state index contributed by atoms with van der Waals surface area (Å²) in [6.45, 7) is 8.34. The summed E-state index contributed by atoms with van der Waals surface area (Å²) < 4.78 is 0. The van der Waals surface area contributed by atoms with Crippen LogP contribution in [0, 0.1) is 27.7 Å². The Morgan fingerprint density at radius 3 is 1.57 bits per heavy atom. The van der Waals surface area contributed by atoms with E-state index in [2.05, 4.69) is 120 Å². The van der Waals surface area contributed by atoms with E-state index in [9.17, 15) is 0 Å². The van der Waals surface area contributed by atoms with E-state index in [1.807, 2.05) is 73.6 Å². The van der Waals surface area contributed by atoms with Crippen molar-refractivity contribution in [3.05, 3.63) is 169 Å². The van der Waals surface area contributed by atoms with Crippen molar-refractivity contribution in [3.8, 4) is 0 Å². The number of fused-ring (bicyclic) bond motifs is 4. The molecule has 0 unspecified atom stereocenters. The quantitative estimate of drug-likeness (QED) is 0.181. The number of para-hydroxylation sites is 2. The molecular formula is C40H36N4. The molecule has 0 N–H and O–H groups in total. The van der Waals surface area contributed by atoms with Crippen molar-refractivity contribution in [3.63, 3.8) is 0 Å². The molecule has 8 rings (SSSR count). The average molecular weight is 573 g/mol. The highest BCUT2D eigenvalue weighted by Crippen LogP contribution is 2.17. The van der Waals surface area contributed by atoms with E-state index in [4.69, 9.17) is 0 Å². The zero-order valence-electron chi connectivity index (χ0n) is 25.6. The normalized spacial score (nSPS) is 10.3. The lowest BCUT2D eigenvalue weighted by Crippen LogP contribution is -1.80. The highest BCUT2D eigenvalue weighted by molar-refractivity contribution is 5.85. The van der Waals surface area contributed by atoms with Gasteiger partial charge in [0.1, 0.15) is 0 Å². The van der Waals surface area contributed by atoms with Gasteiger partial charge in [0.05, 0.1) is 11.0 Å². The Bertz CT molecular complexity index is 1930. The molecular weight excluding hydrogens is 536 g/mol. The molecule has 0 spiro atoms. The van der Waals surface area contributed by atoms with E-state index in [0.717, 1.165) is 11.0 Å². The molecule has 4 aromatic heterocycles. The average Bonchev–Trinajstić information content (AvgIpc) is 3.06. The van der Waals surface area contributed by atoms with Crippen molar-refractivity contribution in [2.75, 3.05) is 0 Å². The van der Waals surface area contributed by atoms with Crippen molar-refractivity contribution in [1.29, 1.82) is 0 Å². The predicted octanol–water partition coefficient (Wildman–Crippen LogP) is 10.2. The number of nitrogens with zero attached hydrogens (tertiary/aromatic N) is 4. The molecule has 4 heterocycles. The number of aryl methyl sites for hydroxylation is 4. The van der Waals surface area contributed by atoms with Crippen LogP contribution >= 0.6 is 0 Å². The Labute approximate surface area is 259 Å². The van der Waals surface area contributed by atoms with Gasteiger partial charge in [0.15, 0.2) is 0 Å². The standard InChI is InChI=1S/4C10H9N/c1-8-4-2-5-9-6-3-7-11-10(8)9;2*1-8-3-2-4-9-5-6-11-7-10(8)9;1-8-6-9-4-2-3-5-10(9)11-7-8/h4*2-7H,1H3. The summed E-state index contributed by atoms with van der Waals surface area (Å²) in [6, 6.07) is 37.1. The smallest absolute Gasteiger partial charge is 0.0731 e. The minimum atomic E-state index is 1.07. The largest absolute Gasteiger partial charge is 0.264 e. The number of hydrogen-bond donors (Lipinski definition) is 0. The molecule has 0 aliphatic carbocycles. The van der Waals surface area contributed by atoms with E-state index in [-0.39, 0.29) is 0 Å². The van der Waals surface area contributed by atoms with Crippen LogP contribution in [-0.2, 0) is 0 Å². The summed E-state index contributed by atoms with van der Waals surface area (Å²) in [6.07, 6.45) is 11.2. The fourth-order valence-corrected chi connectivity index (χ4v) is 4.97. The van der Waals surface area contributed by atoms with E-state index >= 15 is 0 Å². The van der Waals surface area contributed by atoms with Gasteiger partial charge in [-0.2, -0.15) is 0 Å². The number of hydrogen-bond acceptors (Lipinski definition) is 4. The van der Waals surface area contributed by atoms with Crippen LogP contribution < -0.4 is 0 Å². The van der Waals surface area contributed by atoms with Crippen molar-refractivity contribution < 1.29 is 0 Å². The second-order valence-corrected chi connectivity index (χ2v) is 10.7. The lowest BCUT2D eigenvalue weighted by Gasteiger charge is -1.98. The Morgan fingerprint density at radius 2 is 0.955 bits per heavy atom. The predicted molar refractivity (Wildman–Crippen MR) is 186 cm³/mol. The summed E-state index contributed by atoms with van der Waals surface area (Å²) in [7, 11) is 0. The number of pyridine rings is 4. The molecule has 0 saturated heterocycles. The van der Waals surface area contributed by atoms with Crippen LogP contribution in [0.25, 0.3) is 43.4 Å². The first-order valence-corrected chi connectivity index (χ1v) is 14.7. The first-order chi connectivity index (χ1) is 21.5. The Kier molecular flexibility index (Phi) is 9.96. The Morgan fingerprint density at radius 1 is 0.409 bits per heavy atom. The summed E-state index contributed by atoms with van der Waals surface area (Å²) >= 11 is 0. The second-order valence-electron chi connectivity index (χ2n) is 10.7. The summed E-state index contributed by atoms with van der Waals surface area (Å²) in [5, 5.41) is 7.45. The van der Waals surface area contributed by atoms with Gasteiger partial charge >= 0.3 is 0 Å². The van der Waals surface area contributed by atoms with Crippen LogP contribution in [0.3, 0.4) is 0 Å². The minimum absolute atomic E-state index is 1.07. The van der Waals surface area contributed by atoms with Gasteiger partial charge in [-0.3, -0.25) is 19.9 Å². The Hall–Kier alpha value is -5.48. The Balaban J connectivity index is 0.000000116. The van der Waals surface area contributed by atoms with Gasteiger partial charge in [0.25, 0.3) is 0 Å². The van der Waals surface area contributed by atoms with E-state index in [1.54, 1.807) is 0 Å². The molecule has 44 heavy (non-hydrogen) atoms. The minimum Gasteiger partial charge on any atom is -0.264 e. The molecule has 8 aromatic rings. The highest BCUT2D eigenvalue weighted by Gasteiger charge is 1.95. The van der Waals surface area contributed by atoms with Gasteiger partial charge < -0.3 is 0 Å². The lowest BCUT2D eigenvalue weighted by atomic mass is 10.1. The zero-order chi connectivity index (χ0) is 30.7. The highest BCUT2D eigenvalue weighted by atomic mass is 14.7. The fourth-order valence-electron chi connectivity index (χ4n) is 4.97. The van der Waals surface area contributed by atoms with E-state index in [1.165, 1.54) is 54.6 Å². The van der Waals surface area contributed by atoms with Crippen molar-refractivity contribution >= 4 is 43.4 Å². The van der Waals surface area contributed by atoms with E-state index in [0.29, 0.717) is 0 Å². The third-order valence-electron chi connectivity index (χ3n) is 7.36. The molecule has 0 amide bonds. The number of rotatable bonds is 0. The molecule has 4 aromatic carbocycles. The third-order valence-corrected chi connectivity index (χ3v) is 7.36. The molecule has 0 radical (unpaired) electrons. The van der Waals surface area contributed by atoms with Gasteiger partial charge in [-0.1, -0.05) is 78.9 Å². The summed E-state index contributed by atoms with van der Waals surface area (Å²) in [5.41, 5.74) is 7.20. The monoisotopic (exact) mass is 572 g/mol. The molecule has 216 valence electrons. The zero-order valence-corrected chi connectivity index (χ0v) is 25.6. The van der Waals surface area contributed by atoms with Gasteiger partial charge in [0, 0.05) is 58.7 Å². The van der Waals surface area contributed by atoms with Crippen LogP contribution in [0.15, 0.2) is 146 Å². The molecule has 0 saturated carbocycles. The molecule has 0 atom stereocenters. The van der Waals surface area contributed by atoms with Crippen molar-refractivity contribution in [1.82, 2.24) is 19.9 Å². The molecule has 0 aliphatic rings. The third kappa shape index (κ3) is 7.67. The van der Waals surface area contributed by atoms with Crippen LogP contribution in [0.4, 0.5) is 0 Å². The first-order valence-electron chi connectivity index (χ1n) is 14.7.